The highest BCUT2D eigenvalue weighted by molar-refractivity contribution is 6.30. The Morgan fingerprint density at radius 2 is 1.75 bits per heavy atom. The molecule has 5 nitrogen and oxygen atoms in total. The summed E-state index contributed by atoms with van der Waals surface area (Å²) in [4.78, 5) is 17.0. The van der Waals surface area contributed by atoms with Gasteiger partial charge in [0.15, 0.2) is 5.69 Å². The molecule has 0 spiro atoms. The maximum atomic E-state index is 12.8. The number of carbonyl (C=O) groups excluding carboxylic acids is 1. The van der Waals surface area contributed by atoms with Crippen LogP contribution in [-0.2, 0) is 12.8 Å². The van der Waals surface area contributed by atoms with Crippen LogP contribution in [0.4, 0.5) is 5.69 Å². The summed E-state index contributed by atoms with van der Waals surface area (Å²) in [7, 11) is 0. The van der Waals surface area contributed by atoms with Crippen LogP contribution in [0.15, 0.2) is 28.8 Å². The van der Waals surface area contributed by atoms with Gasteiger partial charge in [0.2, 0.25) is 0 Å². The van der Waals surface area contributed by atoms with Gasteiger partial charge in [-0.25, -0.2) is 0 Å². The van der Waals surface area contributed by atoms with Crippen LogP contribution in [0.1, 0.15) is 34.7 Å². The Bertz CT molecular complexity index is 733. The van der Waals surface area contributed by atoms with Crippen LogP contribution in [0.5, 0.6) is 0 Å². The summed E-state index contributed by atoms with van der Waals surface area (Å²) in [5.41, 5.74) is 2.71. The van der Waals surface area contributed by atoms with E-state index in [9.17, 15) is 4.79 Å². The van der Waals surface area contributed by atoms with E-state index in [4.69, 9.17) is 16.1 Å². The van der Waals surface area contributed by atoms with E-state index in [2.05, 4.69) is 10.1 Å². The van der Waals surface area contributed by atoms with Crippen LogP contribution in [0, 0.1) is 0 Å². The van der Waals surface area contributed by atoms with Gasteiger partial charge in [-0.2, -0.15) is 0 Å². The largest absolute Gasteiger partial charge is 0.368 e. The van der Waals surface area contributed by atoms with E-state index in [0.29, 0.717) is 18.8 Å². The first-order chi connectivity index (χ1) is 11.7. The van der Waals surface area contributed by atoms with Crippen molar-refractivity contribution in [3.8, 4) is 0 Å². The first-order valence-corrected chi connectivity index (χ1v) is 8.87. The topological polar surface area (TPSA) is 49.6 Å². The van der Waals surface area contributed by atoms with Gasteiger partial charge in [0.05, 0.1) is 0 Å². The number of amides is 1. The molecule has 1 fully saturated rings. The van der Waals surface area contributed by atoms with Crippen LogP contribution in [-0.4, -0.2) is 42.1 Å². The Morgan fingerprint density at radius 3 is 2.50 bits per heavy atom. The molecule has 24 heavy (non-hydrogen) atoms. The normalized spacial score (nSPS) is 17.7. The number of piperazine rings is 1. The first kappa shape index (κ1) is 15.5. The van der Waals surface area contributed by atoms with E-state index in [0.717, 1.165) is 60.8 Å². The van der Waals surface area contributed by atoms with Crippen LogP contribution in [0.25, 0.3) is 0 Å². The third kappa shape index (κ3) is 2.88. The molecule has 1 aromatic heterocycles. The van der Waals surface area contributed by atoms with Crippen molar-refractivity contribution in [3.05, 3.63) is 46.3 Å². The number of halogens is 1. The van der Waals surface area contributed by atoms with Crippen molar-refractivity contribution in [1.82, 2.24) is 10.1 Å². The minimum Gasteiger partial charge on any atom is -0.368 e. The lowest BCUT2D eigenvalue weighted by Crippen LogP contribution is -2.49. The van der Waals surface area contributed by atoms with Crippen molar-refractivity contribution in [1.29, 1.82) is 0 Å². The third-order valence-electron chi connectivity index (χ3n) is 4.91. The van der Waals surface area contributed by atoms with E-state index in [1.807, 2.05) is 29.2 Å². The number of nitrogens with zero attached hydrogens (tertiary/aromatic N) is 3. The minimum absolute atomic E-state index is 0.0117. The Balaban J connectivity index is 1.43. The van der Waals surface area contributed by atoms with Crippen LogP contribution in [0.3, 0.4) is 0 Å². The fourth-order valence-electron chi connectivity index (χ4n) is 3.52. The van der Waals surface area contributed by atoms with Gasteiger partial charge in [0.1, 0.15) is 5.76 Å². The lowest BCUT2D eigenvalue weighted by molar-refractivity contribution is 0.0735. The number of aromatic nitrogens is 1. The Kier molecular flexibility index (Phi) is 4.19. The molecule has 1 amide bonds. The summed E-state index contributed by atoms with van der Waals surface area (Å²) >= 11 is 5.94. The van der Waals surface area contributed by atoms with Gasteiger partial charge in [-0.3, -0.25) is 4.79 Å². The van der Waals surface area contributed by atoms with Crippen molar-refractivity contribution in [3.63, 3.8) is 0 Å². The molecule has 0 N–H and O–H groups in total. The maximum absolute atomic E-state index is 12.8. The number of fused-ring (bicyclic) bond motifs is 1. The summed E-state index contributed by atoms with van der Waals surface area (Å²) in [6, 6.07) is 7.84. The maximum Gasteiger partial charge on any atom is 0.276 e. The predicted octanol–water partition coefficient (Wildman–Crippen LogP) is 3.17. The summed E-state index contributed by atoms with van der Waals surface area (Å²) in [6.07, 6.45) is 4.04. The molecule has 0 bridgehead atoms. The Morgan fingerprint density at radius 1 is 1.04 bits per heavy atom. The lowest BCUT2D eigenvalue weighted by Gasteiger charge is -2.36. The van der Waals surface area contributed by atoms with Crippen molar-refractivity contribution in [2.75, 3.05) is 31.1 Å². The summed E-state index contributed by atoms with van der Waals surface area (Å²) < 4.78 is 5.38. The molecule has 0 unspecified atom stereocenters. The minimum atomic E-state index is 0.0117. The van der Waals surface area contributed by atoms with Crippen molar-refractivity contribution in [2.24, 2.45) is 0 Å². The Hall–Kier alpha value is -2.01. The summed E-state index contributed by atoms with van der Waals surface area (Å²) in [6.45, 7) is 3.02. The quantitative estimate of drug-likeness (QED) is 0.838. The SMILES string of the molecule is O=C(c1noc2c1CCCC2)N1CCN(c2ccc(Cl)cc2)CC1. The van der Waals surface area contributed by atoms with Gasteiger partial charge >= 0.3 is 0 Å². The highest BCUT2D eigenvalue weighted by Gasteiger charge is 2.29. The fourth-order valence-corrected chi connectivity index (χ4v) is 3.65. The second kappa shape index (κ2) is 6.48. The molecule has 6 heteroatoms. The molecular formula is C18H20ClN3O2. The van der Waals surface area contributed by atoms with Crippen molar-refractivity contribution in [2.45, 2.75) is 25.7 Å². The summed E-state index contributed by atoms with van der Waals surface area (Å²) in [5, 5.41) is 4.80. The van der Waals surface area contributed by atoms with Crippen molar-refractivity contribution < 1.29 is 9.32 Å². The highest BCUT2D eigenvalue weighted by atomic mass is 35.5. The number of carbonyl (C=O) groups is 1. The number of aryl methyl sites for hydroxylation is 1. The summed E-state index contributed by atoms with van der Waals surface area (Å²) in [5.74, 6) is 0.919. The van der Waals surface area contributed by atoms with Gasteiger partial charge < -0.3 is 14.3 Å². The molecule has 1 aliphatic heterocycles. The molecule has 2 heterocycles. The van der Waals surface area contributed by atoms with Gasteiger partial charge in [0.25, 0.3) is 5.91 Å². The smallest absolute Gasteiger partial charge is 0.276 e. The molecule has 2 aliphatic rings. The number of hydrogen-bond acceptors (Lipinski definition) is 4. The van der Waals surface area contributed by atoms with Crippen molar-refractivity contribution >= 4 is 23.2 Å². The molecular weight excluding hydrogens is 326 g/mol. The molecule has 126 valence electrons. The van der Waals surface area contributed by atoms with Gasteiger partial charge in [-0.05, 0) is 43.5 Å². The fraction of sp³-hybridized carbons (Fsp3) is 0.444. The number of benzene rings is 1. The average Bonchev–Trinajstić information content (AvgIpc) is 3.06. The number of anilines is 1. The predicted molar refractivity (Wildman–Crippen MR) is 92.7 cm³/mol. The number of rotatable bonds is 2. The van der Waals surface area contributed by atoms with Gasteiger partial charge in [-0.15, -0.1) is 0 Å². The zero-order valence-electron chi connectivity index (χ0n) is 13.5. The molecule has 1 aliphatic carbocycles. The van der Waals surface area contributed by atoms with Crippen LogP contribution >= 0.6 is 11.6 Å². The highest BCUT2D eigenvalue weighted by Crippen LogP contribution is 2.26. The first-order valence-electron chi connectivity index (χ1n) is 8.49. The molecule has 0 atom stereocenters. The molecule has 0 saturated carbocycles. The van der Waals surface area contributed by atoms with Crippen LogP contribution < -0.4 is 4.90 Å². The monoisotopic (exact) mass is 345 g/mol. The molecule has 1 aromatic carbocycles. The van der Waals surface area contributed by atoms with Crippen LogP contribution in [0.2, 0.25) is 5.02 Å². The van der Waals surface area contributed by atoms with Gasteiger partial charge in [-0.1, -0.05) is 16.8 Å². The van der Waals surface area contributed by atoms with Gasteiger partial charge in [0, 0.05) is 48.9 Å². The third-order valence-corrected chi connectivity index (χ3v) is 5.16. The number of hydrogen-bond donors (Lipinski definition) is 0. The second-order valence-corrected chi connectivity index (χ2v) is 6.83. The van der Waals surface area contributed by atoms with E-state index in [1.54, 1.807) is 0 Å². The molecule has 2 aromatic rings. The van der Waals surface area contributed by atoms with E-state index < -0.39 is 0 Å². The second-order valence-electron chi connectivity index (χ2n) is 6.40. The van der Waals surface area contributed by atoms with E-state index in [1.165, 1.54) is 0 Å². The lowest BCUT2D eigenvalue weighted by atomic mass is 9.96. The average molecular weight is 346 g/mol. The molecule has 1 saturated heterocycles. The standard InChI is InChI=1S/C18H20ClN3O2/c19-13-5-7-14(8-6-13)21-9-11-22(12-10-21)18(23)17-15-3-1-2-4-16(15)24-20-17/h5-8H,1-4,9-12H2. The molecule has 0 radical (unpaired) electrons. The van der Waals surface area contributed by atoms with E-state index >= 15 is 0 Å². The zero-order valence-corrected chi connectivity index (χ0v) is 14.3. The zero-order chi connectivity index (χ0) is 16.5. The Labute approximate surface area is 146 Å². The van der Waals surface area contributed by atoms with E-state index in [-0.39, 0.29) is 5.91 Å². The molecule has 4 rings (SSSR count).